The molecule has 2 heterocycles. The molecular weight excluding hydrogens is 308 g/mol. The van der Waals surface area contributed by atoms with E-state index in [9.17, 15) is 9.59 Å². The fraction of sp³-hybridized carbons (Fsp3) is 0.611. The molecule has 6 nitrogen and oxygen atoms in total. The van der Waals surface area contributed by atoms with E-state index in [0.717, 1.165) is 11.4 Å². The summed E-state index contributed by atoms with van der Waals surface area (Å²) in [7, 11) is 0. The first-order chi connectivity index (χ1) is 11.2. The summed E-state index contributed by atoms with van der Waals surface area (Å²) in [4.78, 5) is 29.3. The Morgan fingerprint density at radius 1 is 1.29 bits per heavy atom. The van der Waals surface area contributed by atoms with Crippen LogP contribution in [0.3, 0.4) is 0 Å². The van der Waals surface area contributed by atoms with E-state index in [0.29, 0.717) is 38.8 Å². The molecule has 1 aliphatic heterocycles. The number of hydrogen-bond acceptors (Lipinski definition) is 5. The number of aliphatic carboxylic acids is 1. The highest BCUT2D eigenvalue weighted by atomic mass is 16.6. The van der Waals surface area contributed by atoms with Crippen molar-refractivity contribution in [3.05, 3.63) is 23.9 Å². The average molecular weight is 334 g/mol. The fourth-order valence-electron chi connectivity index (χ4n) is 2.75. The van der Waals surface area contributed by atoms with Crippen LogP contribution in [-0.4, -0.2) is 40.7 Å². The first-order valence-corrected chi connectivity index (χ1v) is 8.39. The zero-order valence-electron chi connectivity index (χ0n) is 14.6. The van der Waals surface area contributed by atoms with Crippen LogP contribution in [0.5, 0.6) is 0 Å². The van der Waals surface area contributed by atoms with E-state index in [2.05, 4.69) is 9.88 Å². The van der Waals surface area contributed by atoms with E-state index in [-0.39, 0.29) is 11.9 Å². The van der Waals surface area contributed by atoms with Gasteiger partial charge in [0.2, 0.25) is 0 Å². The Bertz CT molecular complexity index is 570. The van der Waals surface area contributed by atoms with Crippen LogP contribution in [0.2, 0.25) is 0 Å². The predicted octanol–water partition coefficient (Wildman–Crippen LogP) is 2.66. The molecule has 0 spiro atoms. The Hall–Kier alpha value is -2.11. The van der Waals surface area contributed by atoms with Gasteiger partial charge in [0.05, 0.1) is 5.92 Å². The van der Waals surface area contributed by atoms with Crippen molar-refractivity contribution in [1.29, 1.82) is 0 Å². The van der Waals surface area contributed by atoms with Crippen molar-refractivity contribution in [2.24, 2.45) is 5.92 Å². The Labute approximate surface area is 142 Å². The van der Waals surface area contributed by atoms with Gasteiger partial charge >= 0.3 is 11.9 Å². The molecule has 0 atom stereocenters. The Balaban J connectivity index is 1.83. The summed E-state index contributed by atoms with van der Waals surface area (Å²) in [5.41, 5.74) is 0.534. The molecule has 6 heteroatoms. The largest absolute Gasteiger partial charge is 0.481 e. The fourth-order valence-corrected chi connectivity index (χ4v) is 2.75. The highest BCUT2D eigenvalue weighted by Gasteiger charge is 2.25. The van der Waals surface area contributed by atoms with Crippen LogP contribution in [0.25, 0.3) is 0 Å². The number of anilines is 1. The lowest BCUT2D eigenvalue weighted by Crippen LogP contribution is -2.36. The third-order valence-corrected chi connectivity index (χ3v) is 4.02. The number of aryl methyl sites for hydroxylation is 1. The molecule has 0 aromatic carbocycles. The van der Waals surface area contributed by atoms with E-state index in [1.54, 1.807) is 6.20 Å². The van der Waals surface area contributed by atoms with Gasteiger partial charge in [0.25, 0.3) is 0 Å². The molecule has 1 aliphatic rings. The Morgan fingerprint density at radius 3 is 2.46 bits per heavy atom. The van der Waals surface area contributed by atoms with Crippen LogP contribution >= 0.6 is 0 Å². The number of carboxylic acids is 1. The molecule has 0 unspecified atom stereocenters. The molecule has 0 bridgehead atoms. The molecular formula is C18H26N2O4. The van der Waals surface area contributed by atoms with Gasteiger partial charge in [-0.1, -0.05) is 6.07 Å². The van der Waals surface area contributed by atoms with Crippen LogP contribution in [-0.2, 0) is 20.7 Å². The summed E-state index contributed by atoms with van der Waals surface area (Å²) in [5.74, 6) is -0.295. The standard InChI is InChI=1S/C18H26N2O4/c1-18(2,3)24-16(21)7-5-13-4-6-15(19-12-13)20-10-8-14(9-11-20)17(22)23/h4,6,12,14H,5,7-11H2,1-3H3,(H,22,23). The van der Waals surface area contributed by atoms with Crippen molar-refractivity contribution < 1.29 is 19.4 Å². The summed E-state index contributed by atoms with van der Waals surface area (Å²) in [6.07, 6.45) is 4.02. The van der Waals surface area contributed by atoms with Crippen LogP contribution < -0.4 is 4.90 Å². The first kappa shape index (κ1) is 18.2. The molecule has 1 N–H and O–H groups in total. The zero-order chi connectivity index (χ0) is 17.7. The normalized spacial score (nSPS) is 16.0. The highest BCUT2D eigenvalue weighted by Crippen LogP contribution is 2.22. The van der Waals surface area contributed by atoms with Gasteiger partial charge in [0.15, 0.2) is 0 Å². The van der Waals surface area contributed by atoms with E-state index in [4.69, 9.17) is 9.84 Å². The molecule has 1 fully saturated rings. The Kier molecular flexibility index (Phi) is 5.80. The van der Waals surface area contributed by atoms with Gasteiger partial charge in [0.1, 0.15) is 11.4 Å². The molecule has 1 aromatic heterocycles. The van der Waals surface area contributed by atoms with Gasteiger partial charge in [-0.2, -0.15) is 0 Å². The minimum Gasteiger partial charge on any atom is -0.481 e. The van der Waals surface area contributed by atoms with Crippen LogP contribution in [0, 0.1) is 5.92 Å². The van der Waals surface area contributed by atoms with Gasteiger partial charge in [-0.15, -0.1) is 0 Å². The second-order valence-electron chi connectivity index (χ2n) is 7.21. The lowest BCUT2D eigenvalue weighted by atomic mass is 9.97. The molecule has 0 saturated carbocycles. The van der Waals surface area contributed by atoms with Crippen molar-refractivity contribution >= 4 is 17.8 Å². The van der Waals surface area contributed by atoms with Gasteiger partial charge < -0.3 is 14.7 Å². The highest BCUT2D eigenvalue weighted by molar-refractivity contribution is 5.70. The number of pyridine rings is 1. The minimum atomic E-state index is -0.708. The maximum atomic E-state index is 11.7. The number of ether oxygens (including phenoxy) is 1. The summed E-state index contributed by atoms with van der Waals surface area (Å²) >= 11 is 0. The van der Waals surface area contributed by atoms with Gasteiger partial charge in [-0.3, -0.25) is 9.59 Å². The van der Waals surface area contributed by atoms with Gasteiger partial charge in [-0.25, -0.2) is 4.98 Å². The van der Waals surface area contributed by atoms with Crippen molar-refractivity contribution in [2.45, 2.75) is 52.1 Å². The number of carbonyl (C=O) groups is 2. The average Bonchev–Trinajstić information content (AvgIpc) is 2.52. The third-order valence-electron chi connectivity index (χ3n) is 4.02. The summed E-state index contributed by atoms with van der Waals surface area (Å²) in [6.45, 7) is 6.99. The number of piperidine rings is 1. The molecule has 24 heavy (non-hydrogen) atoms. The molecule has 1 saturated heterocycles. The molecule has 132 valence electrons. The quantitative estimate of drug-likeness (QED) is 0.834. The number of esters is 1. The van der Waals surface area contributed by atoms with Crippen molar-refractivity contribution in [3.8, 4) is 0 Å². The minimum absolute atomic E-state index is 0.206. The number of hydrogen-bond donors (Lipinski definition) is 1. The maximum Gasteiger partial charge on any atom is 0.306 e. The topological polar surface area (TPSA) is 79.7 Å². The predicted molar refractivity (Wildman–Crippen MR) is 91.0 cm³/mol. The van der Waals surface area contributed by atoms with Crippen LogP contribution in [0.1, 0.15) is 45.6 Å². The smallest absolute Gasteiger partial charge is 0.306 e. The van der Waals surface area contributed by atoms with Crippen LogP contribution in [0.15, 0.2) is 18.3 Å². The zero-order valence-corrected chi connectivity index (χ0v) is 14.6. The molecule has 2 rings (SSSR count). The van der Waals surface area contributed by atoms with E-state index in [1.807, 2.05) is 32.9 Å². The second kappa shape index (κ2) is 7.64. The monoisotopic (exact) mass is 334 g/mol. The molecule has 0 radical (unpaired) electrons. The third kappa shape index (κ3) is 5.51. The maximum absolute atomic E-state index is 11.7. The number of carboxylic acid groups (broad SMARTS) is 1. The van der Waals surface area contributed by atoms with E-state index in [1.165, 1.54) is 0 Å². The van der Waals surface area contributed by atoms with Crippen LogP contribution in [0.4, 0.5) is 5.82 Å². The lowest BCUT2D eigenvalue weighted by Gasteiger charge is -2.31. The van der Waals surface area contributed by atoms with Crippen molar-refractivity contribution in [1.82, 2.24) is 4.98 Å². The Morgan fingerprint density at radius 2 is 1.96 bits per heavy atom. The number of rotatable bonds is 5. The lowest BCUT2D eigenvalue weighted by molar-refractivity contribution is -0.154. The van der Waals surface area contributed by atoms with Gasteiger partial charge in [0, 0.05) is 25.7 Å². The van der Waals surface area contributed by atoms with Crippen molar-refractivity contribution in [3.63, 3.8) is 0 Å². The molecule has 1 aromatic rings. The molecule has 0 aliphatic carbocycles. The summed E-state index contributed by atoms with van der Waals surface area (Å²) < 4.78 is 5.29. The second-order valence-corrected chi connectivity index (χ2v) is 7.21. The summed E-state index contributed by atoms with van der Waals surface area (Å²) in [5, 5.41) is 9.03. The summed E-state index contributed by atoms with van der Waals surface area (Å²) in [6, 6.07) is 3.90. The van der Waals surface area contributed by atoms with E-state index < -0.39 is 11.6 Å². The van der Waals surface area contributed by atoms with E-state index >= 15 is 0 Å². The molecule has 0 amide bonds. The van der Waals surface area contributed by atoms with Gasteiger partial charge in [-0.05, 0) is 51.7 Å². The number of aromatic nitrogens is 1. The SMILES string of the molecule is CC(C)(C)OC(=O)CCc1ccc(N2CCC(C(=O)O)CC2)nc1. The number of nitrogens with zero attached hydrogens (tertiary/aromatic N) is 2. The van der Waals surface area contributed by atoms with Crippen molar-refractivity contribution in [2.75, 3.05) is 18.0 Å². The first-order valence-electron chi connectivity index (χ1n) is 8.39. The number of carbonyl (C=O) groups excluding carboxylic acids is 1.